The van der Waals surface area contributed by atoms with Crippen molar-refractivity contribution in [2.75, 3.05) is 13.2 Å². The number of rotatable bonds is 3. The Labute approximate surface area is 137 Å². The molecule has 1 aromatic rings. The van der Waals surface area contributed by atoms with Gasteiger partial charge in [-0.1, -0.05) is 17.7 Å². The van der Waals surface area contributed by atoms with E-state index in [4.69, 9.17) is 9.47 Å². The van der Waals surface area contributed by atoms with E-state index in [2.05, 4.69) is 32.9 Å². The fourth-order valence-corrected chi connectivity index (χ4v) is 5.13. The summed E-state index contributed by atoms with van der Waals surface area (Å²) in [5.41, 5.74) is 5.44. The van der Waals surface area contributed by atoms with Gasteiger partial charge in [0.25, 0.3) is 0 Å². The van der Waals surface area contributed by atoms with Crippen molar-refractivity contribution in [3.05, 3.63) is 34.4 Å². The van der Waals surface area contributed by atoms with Gasteiger partial charge >= 0.3 is 0 Å². The average Bonchev–Trinajstić information content (AvgIpc) is 2.88. The molecule has 1 aromatic carbocycles. The fourth-order valence-electron chi connectivity index (χ4n) is 3.69. The van der Waals surface area contributed by atoms with E-state index in [0.717, 1.165) is 18.6 Å². The van der Waals surface area contributed by atoms with Crippen molar-refractivity contribution in [2.45, 2.75) is 62.9 Å². The highest BCUT2D eigenvalue weighted by molar-refractivity contribution is 7.99. The SMILES string of the molecule is Cc1cc(C)c(CS[C@@H]2CCC3(C[C@H]2O)OCCO3)c(C)c1. The maximum absolute atomic E-state index is 10.5. The lowest BCUT2D eigenvalue weighted by Crippen LogP contribution is -2.44. The Hall–Kier alpha value is -0.550. The zero-order valence-corrected chi connectivity index (χ0v) is 14.5. The van der Waals surface area contributed by atoms with Gasteiger partial charge in [-0.25, -0.2) is 0 Å². The van der Waals surface area contributed by atoms with Crippen molar-refractivity contribution in [1.29, 1.82) is 0 Å². The Bertz CT molecular complexity index is 514. The molecule has 0 bridgehead atoms. The van der Waals surface area contributed by atoms with Crippen LogP contribution in [-0.4, -0.2) is 35.5 Å². The van der Waals surface area contributed by atoms with Crippen molar-refractivity contribution in [3.8, 4) is 0 Å². The molecule has 3 nitrogen and oxygen atoms in total. The van der Waals surface area contributed by atoms with Gasteiger partial charge in [-0.2, -0.15) is 11.8 Å². The molecule has 2 aliphatic rings. The molecule has 1 spiro atoms. The smallest absolute Gasteiger partial charge is 0.171 e. The van der Waals surface area contributed by atoms with Crippen molar-refractivity contribution >= 4 is 11.8 Å². The number of aryl methyl sites for hydroxylation is 3. The number of ether oxygens (including phenoxy) is 2. The molecule has 1 N–H and O–H groups in total. The van der Waals surface area contributed by atoms with Gasteiger partial charge in [0.15, 0.2) is 5.79 Å². The molecule has 1 saturated carbocycles. The summed E-state index contributed by atoms with van der Waals surface area (Å²) in [7, 11) is 0. The minimum atomic E-state index is -0.494. The minimum Gasteiger partial charge on any atom is -0.392 e. The lowest BCUT2D eigenvalue weighted by atomic mass is 9.91. The average molecular weight is 322 g/mol. The summed E-state index contributed by atoms with van der Waals surface area (Å²) < 4.78 is 11.4. The summed E-state index contributed by atoms with van der Waals surface area (Å²) in [6.07, 6.45) is 2.11. The van der Waals surface area contributed by atoms with Crippen molar-refractivity contribution in [2.24, 2.45) is 0 Å². The third-order valence-electron chi connectivity index (χ3n) is 4.85. The molecule has 0 amide bonds. The molecule has 1 aliphatic carbocycles. The van der Waals surface area contributed by atoms with Crippen LogP contribution in [0.2, 0.25) is 0 Å². The van der Waals surface area contributed by atoms with Gasteiger partial charge in [0, 0.05) is 23.8 Å². The van der Waals surface area contributed by atoms with E-state index >= 15 is 0 Å². The fraction of sp³-hybridized carbons (Fsp3) is 0.667. The first-order valence-electron chi connectivity index (χ1n) is 8.13. The van der Waals surface area contributed by atoms with E-state index < -0.39 is 5.79 Å². The first-order valence-corrected chi connectivity index (χ1v) is 9.18. The van der Waals surface area contributed by atoms with Crippen LogP contribution in [0.25, 0.3) is 0 Å². The molecular formula is C18H26O3S. The van der Waals surface area contributed by atoms with Crippen molar-refractivity contribution in [3.63, 3.8) is 0 Å². The number of aliphatic hydroxyl groups is 1. The lowest BCUT2D eigenvalue weighted by molar-refractivity contribution is -0.193. The largest absolute Gasteiger partial charge is 0.392 e. The molecule has 1 aliphatic heterocycles. The van der Waals surface area contributed by atoms with Crippen LogP contribution < -0.4 is 0 Å². The summed E-state index contributed by atoms with van der Waals surface area (Å²) in [5.74, 6) is 0.473. The Kier molecular flexibility index (Phi) is 4.83. The maximum Gasteiger partial charge on any atom is 0.171 e. The van der Waals surface area contributed by atoms with Crippen LogP contribution in [0.1, 0.15) is 41.5 Å². The maximum atomic E-state index is 10.5. The third-order valence-corrected chi connectivity index (χ3v) is 6.29. The van der Waals surface area contributed by atoms with Crippen molar-refractivity contribution < 1.29 is 14.6 Å². The number of aliphatic hydroxyl groups excluding tert-OH is 1. The first-order chi connectivity index (χ1) is 10.5. The van der Waals surface area contributed by atoms with Crippen LogP contribution in [0, 0.1) is 20.8 Å². The monoisotopic (exact) mass is 322 g/mol. The highest BCUT2D eigenvalue weighted by Gasteiger charge is 2.44. The molecular weight excluding hydrogens is 296 g/mol. The van der Waals surface area contributed by atoms with Gasteiger partial charge in [0.2, 0.25) is 0 Å². The zero-order chi connectivity index (χ0) is 15.7. The quantitative estimate of drug-likeness (QED) is 0.924. The normalized spacial score (nSPS) is 27.5. The molecule has 0 aromatic heterocycles. The van der Waals surface area contributed by atoms with Crippen LogP contribution in [0.5, 0.6) is 0 Å². The molecule has 4 heteroatoms. The molecule has 1 saturated heterocycles. The summed E-state index contributed by atoms with van der Waals surface area (Å²) in [6.45, 7) is 7.83. The summed E-state index contributed by atoms with van der Waals surface area (Å²) in [6, 6.07) is 4.49. The molecule has 22 heavy (non-hydrogen) atoms. The molecule has 122 valence electrons. The Morgan fingerprint density at radius 2 is 1.82 bits per heavy atom. The van der Waals surface area contributed by atoms with E-state index in [1.165, 1.54) is 22.3 Å². The van der Waals surface area contributed by atoms with Crippen LogP contribution >= 0.6 is 11.8 Å². The first kappa shape index (κ1) is 16.3. The second-order valence-corrected chi connectivity index (χ2v) is 7.87. The molecule has 2 atom stereocenters. The predicted octanol–water partition coefficient (Wildman–Crippen LogP) is 3.50. The Morgan fingerprint density at radius 1 is 1.18 bits per heavy atom. The van der Waals surface area contributed by atoms with E-state index in [0.29, 0.717) is 19.6 Å². The van der Waals surface area contributed by atoms with Crippen LogP contribution in [0.4, 0.5) is 0 Å². The number of thioether (sulfide) groups is 1. The molecule has 0 unspecified atom stereocenters. The Balaban J connectivity index is 1.61. The highest BCUT2D eigenvalue weighted by Crippen LogP contribution is 2.41. The number of benzene rings is 1. The molecule has 3 rings (SSSR count). The Morgan fingerprint density at radius 3 is 2.41 bits per heavy atom. The topological polar surface area (TPSA) is 38.7 Å². The van der Waals surface area contributed by atoms with E-state index in [9.17, 15) is 5.11 Å². The van der Waals surface area contributed by atoms with Crippen LogP contribution in [-0.2, 0) is 15.2 Å². The van der Waals surface area contributed by atoms with E-state index in [1.807, 2.05) is 11.8 Å². The number of hydrogen-bond donors (Lipinski definition) is 1. The third kappa shape index (κ3) is 3.35. The predicted molar refractivity (Wildman–Crippen MR) is 90.2 cm³/mol. The van der Waals surface area contributed by atoms with Crippen LogP contribution in [0.3, 0.4) is 0 Å². The minimum absolute atomic E-state index is 0.276. The zero-order valence-electron chi connectivity index (χ0n) is 13.7. The second-order valence-electron chi connectivity index (χ2n) is 6.64. The summed E-state index contributed by atoms with van der Waals surface area (Å²) >= 11 is 1.87. The number of hydrogen-bond acceptors (Lipinski definition) is 4. The second kappa shape index (κ2) is 6.52. The molecule has 0 radical (unpaired) electrons. The summed E-state index contributed by atoms with van der Waals surface area (Å²) in [5, 5.41) is 10.8. The lowest BCUT2D eigenvalue weighted by Gasteiger charge is -2.38. The summed E-state index contributed by atoms with van der Waals surface area (Å²) in [4.78, 5) is 0. The van der Waals surface area contributed by atoms with E-state index in [1.54, 1.807) is 0 Å². The standard InChI is InChI=1S/C18H26O3S/c1-12-8-13(2)15(14(3)9-12)11-22-17-4-5-18(10-16(17)19)20-6-7-21-18/h8-9,16-17,19H,4-7,10-11H2,1-3H3/t16-,17-/m1/s1. The molecule has 1 heterocycles. The van der Waals surface area contributed by atoms with Crippen molar-refractivity contribution in [1.82, 2.24) is 0 Å². The van der Waals surface area contributed by atoms with E-state index in [-0.39, 0.29) is 11.4 Å². The molecule has 2 fully saturated rings. The van der Waals surface area contributed by atoms with Crippen LogP contribution in [0.15, 0.2) is 12.1 Å². The van der Waals surface area contributed by atoms with Gasteiger partial charge in [-0.15, -0.1) is 0 Å². The van der Waals surface area contributed by atoms with Gasteiger partial charge in [0.1, 0.15) is 0 Å². The van der Waals surface area contributed by atoms with Gasteiger partial charge in [-0.3, -0.25) is 0 Å². The highest BCUT2D eigenvalue weighted by atomic mass is 32.2. The van der Waals surface area contributed by atoms with Gasteiger partial charge in [0.05, 0.1) is 19.3 Å². The van der Waals surface area contributed by atoms with Gasteiger partial charge < -0.3 is 14.6 Å². The van der Waals surface area contributed by atoms with Gasteiger partial charge in [-0.05, 0) is 43.9 Å².